The molecule has 2 aromatic heterocycles. The lowest BCUT2D eigenvalue weighted by Gasteiger charge is -2.25. The number of imidazole rings is 1. The largest absolute Gasteiger partial charge is 0.385 e. The quantitative estimate of drug-likeness (QED) is 0.849. The fourth-order valence-corrected chi connectivity index (χ4v) is 4.02. The van der Waals surface area contributed by atoms with E-state index in [0.29, 0.717) is 16.9 Å². The van der Waals surface area contributed by atoms with Gasteiger partial charge in [0, 0.05) is 11.8 Å². The molecule has 1 saturated carbocycles. The van der Waals surface area contributed by atoms with Crippen LogP contribution in [0.2, 0.25) is 5.02 Å². The molecule has 0 radical (unpaired) electrons. The number of nitrogens with one attached hydrogen (secondary N) is 1. The normalized spacial score (nSPS) is 32.3. The van der Waals surface area contributed by atoms with Crippen LogP contribution in [0.15, 0.2) is 24.8 Å². The van der Waals surface area contributed by atoms with Crippen LogP contribution in [0.1, 0.15) is 18.4 Å². The topological polar surface area (TPSA) is 49.6 Å². The number of rotatable bonds is 1. The lowest BCUT2D eigenvalue weighted by atomic mass is 9.90. The SMILES string of the molecule is Cl.O[C@]1(c2cc(Cl)cn3cncc23)C[C@H]2CNC[C@H]2C1. The highest BCUT2D eigenvalue weighted by molar-refractivity contribution is 6.30. The Kier molecular flexibility index (Phi) is 3.45. The maximum absolute atomic E-state index is 11.1. The van der Waals surface area contributed by atoms with Crippen LogP contribution < -0.4 is 5.32 Å². The first-order chi connectivity index (χ1) is 9.16. The molecule has 3 heterocycles. The van der Waals surface area contributed by atoms with Gasteiger partial charge >= 0.3 is 0 Å². The van der Waals surface area contributed by atoms with Crippen molar-refractivity contribution >= 4 is 29.5 Å². The van der Waals surface area contributed by atoms with E-state index in [9.17, 15) is 5.11 Å². The van der Waals surface area contributed by atoms with Crippen molar-refractivity contribution in [1.82, 2.24) is 14.7 Å². The minimum atomic E-state index is -0.760. The van der Waals surface area contributed by atoms with Crippen molar-refractivity contribution in [2.75, 3.05) is 13.1 Å². The first kappa shape index (κ1) is 14.1. The third-order valence-corrected chi connectivity index (χ3v) is 4.87. The van der Waals surface area contributed by atoms with Crippen molar-refractivity contribution in [3.63, 3.8) is 0 Å². The molecule has 0 spiro atoms. The van der Waals surface area contributed by atoms with E-state index < -0.39 is 5.60 Å². The van der Waals surface area contributed by atoms with E-state index in [1.165, 1.54) is 0 Å². The molecule has 0 aromatic carbocycles. The Morgan fingerprint density at radius 1 is 1.35 bits per heavy atom. The summed E-state index contributed by atoms with van der Waals surface area (Å²) in [6.07, 6.45) is 6.98. The molecule has 20 heavy (non-hydrogen) atoms. The second-order valence-corrected chi connectivity index (χ2v) is 6.31. The summed E-state index contributed by atoms with van der Waals surface area (Å²) in [5.74, 6) is 1.15. The molecule has 6 heteroatoms. The van der Waals surface area contributed by atoms with E-state index in [2.05, 4.69) is 10.3 Å². The van der Waals surface area contributed by atoms with Gasteiger partial charge in [-0.2, -0.15) is 0 Å². The van der Waals surface area contributed by atoms with Crippen molar-refractivity contribution in [2.45, 2.75) is 18.4 Å². The number of aromatic nitrogens is 2. The van der Waals surface area contributed by atoms with Gasteiger partial charge in [-0.05, 0) is 43.8 Å². The molecule has 3 atom stereocenters. The number of pyridine rings is 1. The molecule has 0 unspecified atom stereocenters. The number of hydrogen-bond acceptors (Lipinski definition) is 3. The predicted molar refractivity (Wildman–Crippen MR) is 80.4 cm³/mol. The van der Waals surface area contributed by atoms with Crippen molar-refractivity contribution in [2.24, 2.45) is 11.8 Å². The zero-order chi connectivity index (χ0) is 13.0. The molecule has 2 N–H and O–H groups in total. The zero-order valence-electron chi connectivity index (χ0n) is 10.9. The molecule has 4 nitrogen and oxygen atoms in total. The van der Waals surface area contributed by atoms with Gasteiger partial charge in [-0.3, -0.25) is 0 Å². The Bertz CT molecular complexity index is 630. The van der Waals surface area contributed by atoms with Crippen LogP contribution in [0.3, 0.4) is 0 Å². The van der Waals surface area contributed by atoms with E-state index in [0.717, 1.165) is 37.0 Å². The minimum Gasteiger partial charge on any atom is -0.385 e. The Labute approximate surface area is 128 Å². The molecule has 1 aliphatic heterocycles. The lowest BCUT2D eigenvalue weighted by Crippen LogP contribution is -2.26. The molecular weight excluding hydrogens is 297 g/mol. The summed E-state index contributed by atoms with van der Waals surface area (Å²) >= 11 is 6.17. The van der Waals surface area contributed by atoms with E-state index in [1.807, 2.05) is 16.7 Å². The van der Waals surface area contributed by atoms with Crippen molar-refractivity contribution in [3.05, 3.63) is 35.4 Å². The summed E-state index contributed by atoms with van der Waals surface area (Å²) < 4.78 is 1.89. The van der Waals surface area contributed by atoms with Gasteiger partial charge in [0.05, 0.1) is 28.7 Å². The van der Waals surface area contributed by atoms with E-state index in [4.69, 9.17) is 11.6 Å². The van der Waals surface area contributed by atoms with Gasteiger partial charge in [0.25, 0.3) is 0 Å². The molecule has 0 bridgehead atoms. The first-order valence-electron chi connectivity index (χ1n) is 6.70. The molecule has 1 aliphatic carbocycles. The standard InChI is InChI=1S/C14H16ClN3O.ClH/c15-11-1-12(13-6-17-8-18(13)7-11)14(19)2-9-4-16-5-10(9)3-14;/h1,6-10,16,19H,2-5H2;1H/t9-,10+,14+;. The molecule has 1 saturated heterocycles. The van der Waals surface area contributed by atoms with E-state index >= 15 is 0 Å². The second-order valence-electron chi connectivity index (χ2n) is 5.88. The fraction of sp³-hybridized carbons (Fsp3) is 0.500. The summed E-state index contributed by atoms with van der Waals surface area (Å²) in [5, 5.41) is 15.1. The van der Waals surface area contributed by atoms with Crippen LogP contribution in [-0.4, -0.2) is 27.6 Å². The van der Waals surface area contributed by atoms with Crippen LogP contribution in [0.25, 0.3) is 5.52 Å². The van der Waals surface area contributed by atoms with E-state index in [1.54, 1.807) is 12.5 Å². The van der Waals surface area contributed by atoms with Crippen LogP contribution in [-0.2, 0) is 5.60 Å². The summed E-state index contributed by atoms with van der Waals surface area (Å²) in [5.41, 5.74) is 1.12. The van der Waals surface area contributed by atoms with Gasteiger partial charge in [-0.25, -0.2) is 4.98 Å². The van der Waals surface area contributed by atoms with Crippen molar-refractivity contribution in [3.8, 4) is 0 Å². The van der Waals surface area contributed by atoms with Crippen LogP contribution in [0.5, 0.6) is 0 Å². The first-order valence-corrected chi connectivity index (χ1v) is 7.08. The smallest absolute Gasteiger partial charge is 0.0992 e. The highest BCUT2D eigenvalue weighted by Crippen LogP contribution is 2.48. The summed E-state index contributed by atoms with van der Waals surface area (Å²) in [6.45, 7) is 2.03. The Hall–Kier alpha value is -0.810. The summed E-state index contributed by atoms with van der Waals surface area (Å²) in [7, 11) is 0. The van der Waals surface area contributed by atoms with Gasteiger partial charge in [0.2, 0.25) is 0 Å². The number of fused-ring (bicyclic) bond motifs is 2. The number of nitrogens with zero attached hydrogens (tertiary/aromatic N) is 2. The number of halogens is 2. The minimum absolute atomic E-state index is 0. The third-order valence-electron chi connectivity index (χ3n) is 4.67. The lowest BCUT2D eigenvalue weighted by molar-refractivity contribution is 0.0370. The highest BCUT2D eigenvalue weighted by Gasteiger charge is 2.47. The van der Waals surface area contributed by atoms with Gasteiger partial charge in [0.15, 0.2) is 0 Å². The average Bonchev–Trinajstić information content (AvgIpc) is 3.01. The third kappa shape index (κ3) is 2.02. The molecule has 108 valence electrons. The highest BCUT2D eigenvalue weighted by atomic mass is 35.5. The molecule has 2 aromatic rings. The summed E-state index contributed by atoms with van der Waals surface area (Å²) in [4.78, 5) is 4.16. The Morgan fingerprint density at radius 3 is 2.75 bits per heavy atom. The molecule has 0 amide bonds. The molecule has 2 fully saturated rings. The molecule has 4 rings (SSSR count). The van der Waals surface area contributed by atoms with Gasteiger partial charge in [0.1, 0.15) is 0 Å². The van der Waals surface area contributed by atoms with Crippen molar-refractivity contribution < 1.29 is 5.11 Å². The molecular formula is C14H17Cl2N3O. The van der Waals surface area contributed by atoms with Crippen LogP contribution in [0, 0.1) is 11.8 Å². The zero-order valence-corrected chi connectivity index (χ0v) is 12.5. The predicted octanol–water partition coefficient (Wildman–Crippen LogP) is 2.23. The average molecular weight is 314 g/mol. The maximum atomic E-state index is 11.1. The van der Waals surface area contributed by atoms with Crippen LogP contribution in [0.4, 0.5) is 0 Å². The van der Waals surface area contributed by atoms with E-state index in [-0.39, 0.29) is 12.4 Å². The maximum Gasteiger partial charge on any atom is 0.0992 e. The van der Waals surface area contributed by atoms with Crippen molar-refractivity contribution in [1.29, 1.82) is 0 Å². The van der Waals surface area contributed by atoms with Crippen LogP contribution >= 0.6 is 24.0 Å². The monoisotopic (exact) mass is 313 g/mol. The number of hydrogen-bond donors (Lipinski definition) is 2. The summed E-state index contributed by atoms with van der Waals surface area (Å²) in [6, 6.07) is 1.90. The second kappa shape index (κ2) is 4.88. The molecule has 2 aliphatic rings. The fourth-order valence-electron chi connectivity index (χ4n) is 3.81. The number of aliphatic hydroxyl groups is 1. The Morgan fingerprint density at radius 2 is 2.05 bits per heavy atom. The Balaban J connectivity index is 0.00000121. The van der Waals surface area contributed by atoms with Gasteiger partial charge in [-0.1, -0.05) is 11.6 Å². The van der Waals surface area contributed by atoms with Gasteiger partial charge < -0.3 is 14.8 Å². The van der Waals surface area contributed by atoms with Gasteiger partial charge in [-0.15, -0.1) is 12.4 Å².